The SMILES string of the molecule is O=C(c1cc(NCc2ccccc2Cl)nc(-c2ccccc2)n1)N1CCCC1. The van der Waals surface area contributed by atoms with Crippen molar-refractivity contribution in [2.45, 2.75) is 19.4 Å². The van der Waals surface area contributed by atoms with Gasteiger partial charge in [0.2, 0.25) is 0 Å². The van der Waals surface area contributed by atoms with Gasteiger partial charge in [-0.3, -0.25) is 4.79 Å². The predicted octanol–water partition coefficient (Wildman–Crippen LogP) is 4.65. The molecule has 1 fully saturated rings. The van der Waals surface area contributed by atoms with Crippen molar-refractivity contribution in [3.8, 4) is 11.4 Å². The highest BCUT2D eigenvalue weighted by Gasteiger charge is 2.22. The normalized spacial score (nSPS) is 13.5. The van der Waals surface area contributed by atoms with Crippen molar-refractivity contribution in [3.63, 3.8) is 0 Å². The smallest absolute Gasteiger partial charge is 0.272 e. The van der Waals surface area contributed by atoms with E-state index in [1.165, 1.54) is 0 Å². The van der Waals surface area contributed by atoms with Crippen LogP contribution in [-0.2, 0) is 6.54 Å². The summed E-state index contributed by atoms with van der Waals surface area (Å²) in [5.41, 5.74) is 2.26. The predicted molar refractivity (Wildman–Crippen MR) is 111 cm³/mol. The highest BCUT2D eigenvalue weighted by atomic mass is 35.5. The third-order valence-electron chi connectivity index (χ3n) is 4.79. The van der Waals surface area contributed by atoms with Gasteiger partial charge in [-0.1, -0.05) is 60.1 Å². The number of nitrogens with one attached hydrogen (secondary N) is 1. The molecule has 0 aliphatic carbocycles. The Morgan fingerprint density at radius 2 is 1.71 bits per heavy atom. The lowest BCUT2D eigenvalue weighted by atomic mass is 10.2. The number of hydrogen-bond acceptors (Lipinski definition) is 4. The van der Waals surface area contributed by atoms with E-state index in [0.717, 1.165) is 37.1 Å². The number of halogens is 1. The first kappa shape index (κ1) is 18.4. The Bertz CT molecular complexity index is 971. The van der Waals surface area contributed by atoms with Crippen molar-refractivity contribution in [1.29, 1.82) is 0 Å². The van der Waals surface area contributed by atoms with Gasteiger partial charge in [-0.25, -0.2) is 9.97 Å². The Balaban J connectivity index is 1.65. The zero-order valence-electron chi connectivity index (χ0n) is 15.4. The Labute approximate surface area is 169 Å². The fraction of sp³-hybridized carbons (Fsp3) is 0.227. The van der Waals surface area contributed by atoms with E-state index < -0.39 is 0 Å². The Kier molecular flexibility index (Phi) is 5.53. The van der Waals surface area contributed by atoms with E-state index in [0.29, 0.717) is 28.9 Å². The van der Waals surface area contributed by atoms with E-state index in [-0.39, 0.29) is 5.91 Å². The van der Waals surface area contributed by atoms with Crippen molar-refractivity contribution in [2.24, 2.45) is 0 Å². The zero-order chi connectivity index (χ0) is 19.3. The highest BCUT2D eigenvalue weighted by Crippen LogP contribution is 2.21. The maximum atomic E-state index is 12.9. The molecule has 0 saturated carbocycles. The van der Waals surface area contributed by atoms with Crippen molar-refractivity contribution >= 4 is 23.3 Å². The van der Waals surface area contributed by atoms with E-state index in [4.69, 9.17) is 11.6 Å². The molecule has 1 aliphatic heterocycles. The summed E-state index contributed by atoms with van der Waals surface area (Å²) in [5.74, 6) is 1.10. The molecule has 1 amide bonds. The average Bonchev–Trinajstić information content (AvgIpc) is 3.28. The molecule has 1 aliphatic rings. The van der Waals surface area contributed by atoms with Crippen LogP contribution in [0, 0.1) is 0 Å². The third-order valence-corrected chi connectivity index (χ3v) is 5.16. The minimum absolute atomic E-state index is 0.0436. The molecule has 6 heteroatoms. The molecule has 4 rings (SSSR count). The summed E-state index contributed by atoms with van der Waals surface area (Å²) in [5, 5.41) is 3.99. The number of rotatable bonds is 5. The highest BCUT2D eigenvalue weighted by molar-refractivity contribution is 6.31. The maximum absolute atomic E-state index is 12.9. The summed E-state index contributed by atoms with van der Waals surface area (Å²) in [6.07, 6.45) is 2.08. The lowest BCUT2D eigenvalue weighted by Gasteiger charge is -2.16. The molecule has 1 N–H and O–H groups in total. The molecular weight excluding hydrogens is 372 g/mol. The van der Waals surface area contributed by atoms with Gasteiger partial charge in [-0.2, -0.15) is 0 Å². The van der Waals surface area contributed by atoms with Crippen molar-refractivity contribution < 1.29 is 4.79 Å². The van der Waals surface area contributed by atoms with Crippen LogP contribution in [-0.4, -0.2) is 33.9 Å². The van der Waals surface area contributed by atoms with E-state index in [1.807, 2.05) is 59.5 Å². The minimum atomic E-state index is -0.0436. The van der Waals surface area contributed by atoms with Crippen LogP contribution in [0.4, 0.5) is 5.82 Å². The number of nitrogens with zero attached hydrogens (tertiary/aromatic N) is 3. The Morgan fingerprint density at radius 3 is 2.46 bits per heavy atom. The monoisotopic (exact) mass is 392 g/mol. The quantitative estimate of drug-likeness (QED) is 0.686. The van der Waals surface area contributed by atoms with Gasteiger partial charge in [-0.15, -0.1) is 0 Å². The second-order valence-corrected chi connectivity index (χ2v) is 7.18. The van der Waals surface area contributed by atoms with Crippen molar-refractivity contribution in [1.82, 2.24) is 14.9 Å². The molecule has 1 aromatic heterocycles. The largest absolute Gasteiger partial charge is 0.366 e. The second-order valence-electron chi connectivity index (χ2n) is 6.77. The first-order valence-corrected chi connectivity index (χ1v) is 9.79. The van der Waals surface area contributed by atoms with Gasteiger partial charge in [0.25, 0.3) is 5.91 Å². The summed E-state index contributed by atoms with van der Waals surface area (Å²) < 4.78 is 0. The van der Waals surface area contributed by atoms with Gasteiger partial charge < -0.3 is 10.2 Å². The van der Waals surface area contributed by atoms with Crippen LogP contribution in [0.15, 0.2) is 60.7 Å². The van der Waals surface area contributed by atoms with Gasteiger partial charge >= 0.3 is 0 Å². The first-order valence-electron chi connectivity index (χ1n) is 9.42. The molecule has 0 spiro atoms. The molecule has 28 heavy (non-hydrogen) atoms. The molecule has 1 saturated heterocycles. The molecule has 142 valence electrons. The van der Waals surface area contributed by atoms with E-state index >= 15 is 0 Å². The number of amides is 1. The summed E-state index contributed by atoms with van der Waals surface area (Å²) in [6.45, 7) is 2.08. The number of likely N-dealkylation sites (tertiary alicyclic amines) is 1. The van der Waals surface area contributed by atoms with Gasteiger partial charge in [0.05, 0.1) is 0 Å². The molecule has 0 unspecified atom stereocenters. The van der Waals surface area contributed by atoms with E-state index in [2.05, 4.69) is 15.3 Å². The molecule has 5 nitrogen and oxygen atoms in total. The van der Waals surface area contributed by atoms with Crippen LogP contribution in [0.25, 0.3) is 11.4 Å². The number of carbonyl (C=O) groups is 1. The Hall–Kier alpha value is -2.92. The summed E-state index contributed by atoms with van der Waals surface area (Å²) >= 11 is 6.25. The van der Waals surface area contributed by atoms with E-state index in [1.54, 1.807) is 6.07 Å². The lowest BCUT2D eigenvalue weighted by Crippen LogP contribution is -2.28. The standard InChI is InChI=1S/C22H21ClN4O/c23-18-11-5-4-10-17(18)15-24-20-14-19(22(28)27-12-6-7-13-27)25-21(26-20)16-8-2-1-3-9-16/h1-5,8-11,14H,6-7,12-13,15H2,(H,24,25,26). The van der Waals surface area contributed by atoms with Crippen LogP contribution in [0.3, 0.4) is 0 Å². The molecule has 0 bridgehead atoms. The number of anilines is 1. The van der Waals surface area contributed by atoms with Crippen LogP contribution in [0.5, 0.6) is 0 Å². The third kappa shape index (κ3) is 4.15. The number of carbonyl (C=O) groups excluding carboxylic acids is 1. The zero-order valence-corrected chi connectivity index (χ0v) is 16.2. The summed E-state index contributed by atoms with van der Waals surface area (Å²) in [6, 6.07) is 19.1. The number of hydrogen-bond donors (Lipinski definition) is 1. The molecule has 0 radical (unpaired) electrons. The van der Waals surface area contributed by atoms with Crippen molar-refractivity contribution in [3.05, 3.63) is 76.9 Å². The van der Waals surface area contributed by atoms with Crippen molar-refractivity contribution in [2.75, 3.05) is 18.4 Å². The van der Waals surface area contributed by atoms with Crippen LogP contribution in [0.1, 0.15) is 28.9 Å². The second kappa shape index (κ2) is 8.40. The average molecular weight is 393 g/mol. The molecule has 0 atom stereocenters. The van der Waals surface area contributed by atoms with Crippen LogP contribution < -0.4 is 5.32 Å². The summed E-state index contributed by atoms with van der Waals surface area (Å²) in [7, 11) is 0. The first-order chi connectivity index (χ1) is 13.7. The fourth-order valence-corrected chi connectivity index (χ4v) is 3.48. The number of aromatic nitrogens is 2. The van der Waals surface area contributed by atoms with E-state index in [9.17, 15) is 4.79 Å². The summed E-state index contributed by atoms with van der Waals surface area (Å²) in [4.78, 5) is 23.9. The van der Waals surface area contributed by atoms with Gasteiger partial charge in [-0.05, 0) is 24.5 Å². The number of benzene rings is 2. The van der Waals surface area contributed by atoms with Gasteiger partial charge in [0.15, 0.2) is 5.82 Å². The molecule has 3 aromatic rings. The van der Waals surface area contributed by atoms with Gasteiger partial charge in [0.1, 0.15) is 11.5 Å². The molecular formula is C22H21ClN4O. The fourth-order valence-electron chi connectivity index (χ4n) is 3.27. The van der Waals surface area contributed by atoms with Crippen LogP contribution >= 0.6 is 11.6 Å². The topological polar surface area (TPSA) is 58.1 Å². The maximum Gasteiger partial charge on any atom is 0.272 e. The lowest BCUT2D eigenvalue weighted by molar-refractivity contribution is 0.0787. The Morgan fingerprint density at radius 1 is 1.00 bits per heavy atom. The molecule has 2 heterocycles. The molecule has 2 aromatic carbocycles. The minimum Gasteiger partial charge on any atom is -0.366 e. The van der Waals surface area contributed by atoms with Gasteiger partial charge in [0, 0.05) is 36.3 Å². The van der Waals surface area contributed by atoms with Crippen LogP contribution in [0.2, 0.25) is 5.02 Å².